The van der Waals surface area contributed by atoms with Gasteiger partial charge in [-0.25, -0.2) is 0 Å². The van der Waals surface area contributed by atoms with Crippen molar-refractivity contribution in [2.75, 3.05) is 40.3 Å². The van der Waals surface area contributed by atoms with E-state index >= 15 is 0 Å². The van der Waals surface area contributed by atoms with E-state index < -0.39 is 0 Å². The van der Waals surface area contributed by atoms with Gasteiger partial charge in [0.25, 0.3) is 0 Å². The van der Waals surface area contributed by atoms with Crippen LogP contribution in [-0.2, 0) is 17.6 Å². The Morgan fingerprint density at radius 2 is 1.18 bits per heavy atom. The number of pyridine rings is 1. The molecule has 3 aromatic carbocycles. The maximum Gasteiger partial charge on any atom is 0.108 e. The number of aromatic nitrogens is 1. The van der Waals surface area contributed by atoms with Gasteiger partial charge in [-0.15, -0.1) is 12.4 Å². The number of hydrogen-bond donors (Lipinski definition) is 0. The Kier molecular flexibility index (Phi) is 11.4. The van der Waals surface area contributed by atoms with Crippen LogP contribution in [-0.4, -0.2) is 61.2 Å². The highest BCUT2D eigenvalue weighted by Crippen LogP contribution is 2.37. The second-order valence-electron chi connectivity index (χ2n) is 12.3. The number of likely N-dealkylation sites (tertiary alicyclic amines) is 2. The molecule has 4 nitrogen and oxygen atoms in total. The van der Waals surface area contributed by atoms with Crippen molar-refractivity contribution in [1.29, 1.82) is 0 Å². The normalized spacial score (nSPS) is 17.5. The fourth-order valence-corrected chi connectivity index (χ4v) is 6.66. The molecule has 3 aliphatic rings. The van der Waals surface area contributed by atoms with E-state index in [1.807, 2.05) is 6.20 Å². The molecule has 230 valence electrons. The molecule has 0 bridgehead atoms. The quantitative estimate of drug-likeness (QED) is 0.235. The molecule has 1 aliphatic carbocycles. The predicted octanol–water partition coefficient (Wildman–Crippen LogP) is 8.02. The number of halogens is 1. The van der Waals surface area contributed by atoms with Crippen molar-refractivity contribution >= 4 is 18.0 Å². The summed E-state index contributed by atoms with van der Waals surface area (Å²) in [6.45, 7) is 4.56. The molecule has 5 heteroatoms. The lowest BCUT2D eigenvalue weighted by Gasteiger charge is -2.32. The summed E-state index contributed by atoms with van der Waals surface area (Å²) in [6.07, 6.45) is 9.11. The van der Waals surface area contributed by atoms with Crippen LogP contribution in [0.5, 0.6) is 0 Å². The van der Waals surface area contributed by atoms with E-state index in [1.54, 1.807) is 5.57 Å². The van der Waals surface area contributed by atoms with Gasteiger partial charge in [-0.05, 0) is 86.5 Å². The van der Waals surface area contributed by atoms with Gasteiger partial charge in [0.1, 0.15) is 6.10 Å². The van der Waals surface area contributed by atoms with Crippen LogP contribution < -0.4 is 0 Å². The summed E-state index contributed by atoms with van der Waals surface area (Å²) >= 11 is 0. The smallest absolute Gasteiger partial charge is 0.108 e. The Balaban J connectivity index is 0.000000171. The molecular weight excluding hydrogens is 562 g/mol. The summed E-state index contributed by atoms with van der Waals surface area (Å²) < 4.78 is 6.49. The van der Waals surface area contributed by atoms with Crippen LogP contribution in [0.15, 0.2) is 109 Å². The first-order valence-electron chi connectivity index (χ1n) is 16.0. The van der Waals surface area contributed by atoms with Crippen molar-refractivity contribution in [1.82, 2.24) is 14.8 Å². The molecule has 0 radical (unpaired) electrons. The third-order valence-electron chi connectivity index (χ3n) is 9.22. The highest BCUT2D eigenvalue weighted by Gasteiger charge is 2.25. The van der Waals surface area contributed by atoms with Gasteiger partial charge in [-0.1, -0.05) is 96.6 Å². The summed E-state index contributed by atoms with van der Waals surface area (Å²) in [5.74, 6) is 0. The molecule has 0 unspecified atom stereocenters. The molecule has 0 amide bonds. The monoisotopic (exact) mass is 607 g/mol. The van der Waals surface area contributed by atoms with E-state index in [-0.39, 0.29) is 18.5 Å². The van der Waals surface area contributed by atoms with Crippen LogP contribution in [0.3, 0.4) is 0 Å². The first-order valence-corrected chi connectivity index (χ1v) is 16.0. The lowest BCUT2D eigenvalue weighted by atomic mass is 9.89. The first kappa shape index (κ1) is 32.1. The highest BCUT2D eigenvalue weighted by atomic mass is 35.5. The van der Waals surface area contributed by atoms with Gasteiger partial charge >= 0.3 is 0 Å². The van der Waals surface area contributed by atoms with E-state index in [4.69, 9.17) is 9.72 Å². The van der Waals surface area contributed by atoms with E-state index in [0.29, 0.717) is 6.10 Å². The van der Waals surface area contributed by atoms with Crippen molar-refractivity contribution in [2.24, 2.45) is 0 Å². The second kappa shape index (κ2) is 15.6. The maximum absolute atomic E-state index is 6.49. The van der Waals surface area contributed by atoms with Gasteiger partial charge < -0.3 is 14.5 Å². The summed E-state index contributed by atoms with van der Waals surface area (Å²) in [6, 6.07) is 34.3. The maximum atomic E-state index is 6.49. The predicted molar refractivity (Wildman–Crippen MR) is 184 cm³/mol. The molecule has 7 rings (SSSR count). The van der Waals surface area contributed by atoms with Crippen molar-refractivity contribution in [3.8, 4) is 0 Å². The van der Waals surface area contributed by atoms with E-state index in [2.05, 4.69) is 121 Å². The molecule has 0 saturated carbocycles. The minimum atomic E-state index is 0. The Bertz CT molecular complexity index is 1400. The summed E-state index contributed by atoms with van der Waals surface area (Å²) in [5, 5.41) is 0. The van der Waals surface area contributed by atoms with Crippen LogP contribution in [0.2, 0.25) is 0 Å². The second-order valence-corrected chi connectivity index (χ2v) is 12.3. The Labute approximate surface area is 270 Å². The third-order valence-corrected chi connectivity index (χ3v) is 9.22. The molecule has 4 aromatic rings. The molecule has 0 spiro atoms. The van der Waals surface area contributed by atoms with Gasteiger partial charge in [0.05, 0.1) is 11.8 Å². The van der Waals surface area contributed by atoms with Gasteiger partial charge in [0.2, 0.25) is 0 Å². The zero-order valence-corrected chi connectivity index (χ0v) is 27.0. The number of ether oxygens (including phenoxy) is 1. The number of rotatable bonds is 4. The summed E-state index contributed by atoms with van der Waals surface area (Å²) in [4.78, 5) is 9.58. The summed E-state index contributed by atoms with van der Waals surface area (Å²) in [7, 11) is 4.40. The Morgan fingerprint density at radius 1 is 0.636 bits per heavy atom. The number of hydrogen-bond acceptors (Lipinski definition) is 4. The lowest BCUT2D eigenvalue weighted by molar-refractivity contribution is -0.0234. The van der Waals surface area contributed by atoms with Crippen LogP contribution in [0.4, 0.5) is 0 Å². The molecule has 2 saturated heterocycles. The molecule has 2 fully saturated rings. The van der Waals surface area contributed by atoms with E-state index in [0.717, 1.165) is 64.7 Å². The zero-order valence-electron chi connectivity index (χ0n) is 26.2. The van der Waals surface area contributed by atoms with Crippen LogP contribution >= 0.6 is 12.4 Å². The molecule has 44 heavy (non-hydrogen) atoms. The Hall–Kier alpha value is -3.28. The van der Waals surface area contributed by atoms with Crippen molar-refractivity contribution in [2.45, 2.75) is 50.7 Å². The standard InChI is InChI=1S/C20H22N2.C19H23NO.ClH/c1-22-13-10-16(11-14-22)19-18-7-3-2-5-15(18)8-9-17-6-4-12-21-20(17)19;1-20-14-12-18(13-15-20)21-19(16-8-4-2-5-9-16)17-10-6-3-7-11-17;/h2-7,12H,8-11,13-14H2,1H3;2-11,18-19H,12-15H2,1H3;1H. The van der Waals surface area contributed by atoms with E-state index in [1.165, 1.54) is 39.1 Å². The summed E-state index contributed by atoms with van der Waals surface area (Å²) in [5.41, 5.74) is 11.0. The third kappa shape index (κ3) is 7.86. The molecule has 2 aliphatic heterocycles. The molecule has 3 heterocycles. The van der Waals surface area contributed by atoms with Crippen LogP contribution in [0, 0.1) is 0 Å². The van der Waals surface area contributed by atoms with Crippen molar-refractivity contribution < 1.29 is 4.74 Å². The van der Waals surface area contributed by atoms with Crippen molar-refractivity contribution in [3.63, 3.8) is 0 Å². The minimum Gasteiger partial charge on any atom is -0.365 e. The van der Waals surface area contributed by atoms with Gasteiger partial charge in [-0.2, -0.15) is 0 Å². The molecule has 1 aromatic heterocycles. The fourth-order valence-electron chi connectivity index (χ4n) is 6.66. The average molecular weight is 608 g/mol. The topological polar surface area (TPSA) is 28.6 Å². The molecule has 0 atom stereocenters. The Morgan fingerprint density at radius 3 is 1.84 bits per heavy atom. The number of piperidine rings is 2. The molecular formula is C39H46ClN3O. The lowest BCUT2D eigenvalue weighted by Crippen LogP contribution is -2.35. The molecule has 0 N–H and O–H groups in total. The van der Waals surface area contributed by atoms with Crippen LogP contribution in [0.25, 0.3) is 5.57 Å². The van der Waals surface area contributed by atoms with Gasteiger partial charge in [0, 0.05) is 37.9 Å². The minimum absolute atomic E-state index is 0. The van der Waals surface area contributed by atoms with E-state index in [9.17, 15) is 0 Å². The number of fused-ring (bicyclic) bond motifs is 2. The number of benzene rings is 3. The van der Waals surface area contributed by atoms with Crippen LogP contribution in [0.1, 0.15) is 65.3 Å². The zero-order chi connectivity index (χ0) is 29.4. The largest absolute Gasteiger partial charge is 0.365 e. The number of aryl methyl sites for hydroxylation is 2. The number of nitrogens with zero attached hydrogens (tertiary/aromatic N) is 3. The first-order chi connectivity index (χ1) is 21.2. The highest BCUT2D eigenvalue weighted by molar-refractivity contribution is 5.85. The average Bonchev–Trinajstić information content (AvgIpc) is 3.23. The SMILES string of the molecule is CN1CCC(=C2c3ccccc3CCc3cccnc32)CC1.CN1CCC(OC(c2ccccc2)c2ccccc2)CC1.Cl. The fraction of sp³-hybridized carbons (Fsp3) is 0.359. The van der Waals surface area contributed by atoms with Crippen molar-refractivity contribution in [3.05, 3.63) is 142 Å². The van der Waals surface area contributed by atoms with Gasteiger partial charge in [-0.3, -0.25) is 4.98 Å². The van der Waals surface area contributed by atoms with Gasteiger partial charge in [0.15, 0.2) is 0 Å².